The first kappa shape index (κ1) is 9.37. The van der Waals surface area contributed by atoms with Crippen molar-refractivity contribution in [3.05, 3.63) is 21.6 Å². The van der Waals surface area contributed by atoms with Gasteiger partial charge in [0.15, 0.2) is 0 Å². The van der Waals surface area contributed by atoms with E-state index < -0.39 is 0 Å². The molecule has 70 valence electrons. The Morgan fingerprint density at radius 1 is 1.54 bits per heavy atom. The molecule has 0 aliphatic carbocycles. The number of aromatic nitrogens is 2. The van der Waals surface area contributed by atoms with Crippen LogP contribution in [0.4, 0.5) is 0 Å². The molecule has 1 aromatic heterocycles. The number of hydrogen-bond donors (Lipinski definition) is 0. The van der Waals surface area contributed by atoms with Crippen LogP contribution in [-0.4, -0.2) is 28.0 Å². The van der Waals surface area contributed by atoms with Crippen molar-refractivity contribution in [3.63, 3.8) is 0 Å². The highest BCUT2D eigenvalue weighted by Crippen LogP contribution is 2.19. The highest BCUT2D eigenvalue weighted by atomic mass is 79.9. The largest absolute Gasteiger partial charge is 0.296 e. The van der Waals surface area contributed by atoms with Crippen molar-refractivity contribution in [1.82, 2.24) is 14.9 Å². The number of likely N-dealkylation sites (tertiary alicyclic amines) is 1. The Balaban J connectivity index is 2.07. The van der Waals surface area contributed by atoms with E-state index in [0.717, 1.165) is 29.9 Å². The minimum absolute atomic E-state index is 0.491. The fourth-order valence-electron chi connectivity index (χ4n) is 1.20. The van der Waals surface area contributed by atoms with Crippen LogP contribution in [0.3, 0.4) is 0 Å². The van der Waals surface area contributed by atoms with E-state index >= 15 is 0 Å². The summed E-state index contributed by atoms with van der Waals surface area (Å²) in [7, 11) is 0. The molecule has 1 aliphatic rings. The summed E-state index contributed by atoms with van der Waals surface area (Å²) in [4.78, 5) is 10.6. The van der Waals surface area contributed by atoms with E-state index in [4.69, 9.17) is 11.6 Å². The zero-order valence-electron chi connectivity index (χ0n) is 7.00. The minimum atomic E-state index is 0.491. The summed E-state index contributed by atoms with van der Waals surface area (Å²) in [6.45, 7) is 3.11. The normalized spacial score (nSPS) is 17.1. The molecule has 0 aromatic carbocycles. The van der Waals surface area contributed by atoms with Crippen molar-refractivity contribution in [2.45, 2.75) is 13.0 Å². The lowest BCUT2D eigenvalue weighted by Gasteiger charge is -2.29. The van der Waals surface area contributed by atoms with Crippen LogP contribution in [-0.2, 0) is 6.54 Å². The lowest BCUT2D eigenvalue weighted by atomic mass is 10.2. The molecule has 0 bridgehead atoms. The molecule has 13 heavy (non-hydrogen) atoms. The zero-order chi connectivity index (χ0) is 9.26. The SMILES string of the molecule is Clc1nc(CN2CCC2)ncc1Br. The molecule has 0 spiro atoms. The van der Waals surface area contributed by atoms with Crippen molar-refractivity contribution >= 4 is 27.5 Å². The Morgan fingerprint density at radius 2 is 2.31 bits per heavy atom. The number of hydrogen-bond acceptors (Lipinski definition) is 3. The number of rotatable bonds is 2. The highest BCUT2D eigenvalue weighted by Gasteiger charge is 2.15. The van der Waals surface area contributed by atoms with E-state index in [0.29, 0.717) is 5.15 Å². The number of halogens is 2. The van der Waals surface area contributed by atoms with E-state index in [9.17, 15) is 0 Å². The second-order valence-electron chi connectivity index (χ2n) is 3.05. The Bertz CT molecular complexity index is 314. The summed E-state index contributed by atoms with van der Waals surface area (Å²) in [5, 5.41) is 0.491. The highest BCUT2D eigenvalue weighted by molar-refractivity contribution is 9.10. The van der Waals surface area contributed by atoms with Gasteiger partial charge < -0.3 is 0 Å². The van der Waals surface area contributed by atoms with Gasteiger partial charge in [-0.15, -0.1) is 0 Å². The van der Waals surface area contributed by atoms with Gasteiger partial charge in [-0.3, -0.25) is 4.90 Å². The first-order chi connectivity index (χ1) is 6.25. The molecule has 1 aliphatic heterocycles. The molecule has 0 atom stereocenters. The van der Waals surface area contributed by atoms with E-state index in [1.165, 1.54) is 6.42 Å². The molecule has 3 nitrogen and oxygen atoms in total. The fourth-order valence-corrected chi connectivity index (χ4v) is 1.53. The summed E-state index contributed by atoms with van der Waals surface area (Å²) in [5.74, 6) is 0.799. The molecular weight excluding hydrogens is 253 g/mol. The molecular formula is C8H9BrClN3. The van der Waals surface area contributed by atoms with Crippen molar-refractivity contribution in [2.75, 3.05) is 13.1 Å². The van der Waals surface area contributed by atoms with Gasteiger partial charge in [-0.25, -0.2) is 9.97 Å². The standard InChI is InChI=1S/C8H9BrClN3/c9-6-4-11-7(12-8(6)10)5-13-2-1-3-13/h4H,1-3,5H2. The molecule has 2 heterocycles. The van der Waals surface area contributed by atoms with Gasteiger partial charge >= 0.3 is 0 Å². The molecule has 1 saturated heterocycles. The lowest BCUT2D eigenvalue weighted by Crippen LogP contribution is -2.36. The second kappa shape index (κ2) is 3.90. The topological polar surface area (TPSA) is 29.0 Å². The van der Waals surface area contributed by atoms with Crippen LogP contribution in [0.1, 0.15) is 12.2 Å². The third-order valence-electron chi connectivity index (χ3n) is 2.06. The predicted molar refractivity (Wildman–Crippen MR) is 54.6 cm³/mol. The predicted octanol–water partition coefficient (Wildman–Crippen LogP) is 2.10. The molecule has 0 radical (unpaired) electrons. The summed E-state index contributed by atoms with van der Waals surface area (Å²) >= 11 is 9.10. The summed E-state index contributed by atoms with van der Waals surface area (Å²) in [6.07, 6.45) is 2.98. The fraction of sp³-hybridized carbons (Fsp3) is 0.500. The van der Waals surface area contributed by atoms with Crippen LogP contribution < -0.4 is 0 Å². The van der Waals surface area contributed by atoms with Gasteiger partial charge in [-0.05, 0) is 35.4 Å². The molecule has 0 saturated carbocycles. The molecule has 1 fully saturated rings. The van der Waals surface area contributed by atoms with Gasteiger partial charge in [0.2, 0.25) is 0 Å². The summed E-state index contributed by atoms with van der Waals surface area (Å²) < 4.78 is 0.751. The van der Waals surface area contributed by atoms with Gasteiger partial charge in [0.25, 0.3) is 0 Å². The molecule has 0 N–H and O–H groups in total. The van der Waals surface area contributed by atoms with Gasteiger partial charge in [0.05, 0.1) is 11.0 Å². The van der Waals surface area contributed by atoms with Crippen molar-refractivity contribution in [2.24, 2.45) is 0 Å². The average Bonchev–Trinajstić information content (AvgIpc) is 2.04. The summed E-state index contributed by atoms with van der Waals surface area (Å²) in [6, 6.07) is 0. The van der Waals surface area contributed by atoms with Crippen LogP contribution in [0.15, 0.2) is 10.7 Å². The third kappa shape index (κ3) is 2.18. The summed E-state index contributed by atoms with van der Waals surface area (Å²) in [5.41, 5.74) is 0. The molecule has 0 amide bonds. The van der Waals surface area contributed by atoms with Crippen molar-refractivity contribution in [3.8, 4) is 0 Å². The Kier molecular flexibility index (Phi) is 2.81. The van der Waals surface area contributed by atoms with E-state index in [2.05, 4.69) is 30.8 Å². The Labute approximate surface area is 90.3 Å². The third-order valence-corrected chi connectivity index (χ3v) is 3.16. The van der Waals surface area contributed by atoms with Crippen molar-refractivity contribution in [1.29, 1.82) is 0 Å². The van der Waals surface area contributed by atoms with Crippen LogP contribution in [0.2, 0.25) is 5.15 Å². The van der Waals surface area contributed by atoms with E-state index in [1.54, 1.807) is 6.20 Å². The van der Waals surface area contributed by atoms with Gasteiger partial charge in [0.1, 0.15) is 11.0 Å². The number of nitrogens with zero attached hydrogens (tertiary/aromatic N) is 3. The van der Waals surface area contributed by atoms with Crippen molar-refractivity contribution < 1.29 is 0 Å². The monoisotopic (exact) mass is 261 g/mol. The van der Waals surface area contributed by atoms with Gasteiger partial charge in [-0.1, -0.05) is 11.6 Å². The first-order valence-corrected chi connectivity index (χ1v) is 5.32. The second-order valence-corrected chi connectivity index (χ2v) is 4.27. The van der Waals surface area contributed by atoms with Crippen LogP contribution in [0.25, 0.3) is 0 Å². The zero-order valence-corrected chi connectivity index (χ0v) is 9.35. The lowest BCUT2D eigenvalue weighted by molar-refractivity contribution is 0.168. The van der Waals surface area contributed by atoms with Crippen LogP contribution >= 0.6 is 27.5 Å². The van der Waals surface area contributed by atoms with Crippen LogP contribution in [0.5, 0.6) is 0 Å². The van der Waals surface area contributed by atoms with Gasteiger partial charge in [0, 0.05) is 6.20 Å². The molecule has 1 aromatic rings. The molecule has 2 rings (SSSR count). The smallest absolute Gasteiger partial charge is 0.147 e. The van der Waals surface area contributed by atoms with E-state index in [-0.39, 0.29) is 0 Å². The maximum absolute atomic E-state index is 5.84. The van der Waals surface area contributed by atoms with E-state index in [1.807, 2.05) is 0 Å². The average molecular weight is 263 g/mol. The first-order valence-electron chi connectivity index (χ1n) is 4.15. The quantitative estimate of drug-likeness (QED) is 0.764. The Hall–Kier alpha value is -0.190. The molecule has 0 unspecified atom stereocenters. The van der Waals surface area contributed by atoms with Crippen LogP contribution in [0, 0.1) is 0 Å². The van der Waals surface area contributed by atoms with Gasteiger partial charge in [-0.2, -0.15) is 0 Å². The maximum atomic E-state index is 5.84. The molecule has 5 heteroatoms. The minimum Gasteiger partial charge on any atom is -0.296 e. The maximum Gasteiger partial charge on any atom is 0.147 e. The Morgan fingerprint density at radius 3 is 2.85 bits per heavy atom.